The van der Waals surface area contributed by atoms with Crippen LogP contribution in [0.15, 0.2) is 23.4 Å². The Hall–Kier alpha value is -1.73. The zero-order chi connectivity index (χ0) is 15.5. The van der Waals surface area contributed by atoms with Crippen LogP contribution < -0.4 is 4.74 Å². The summed E-state index contributed by atoms with van der Waals surface area (Å²) >= 11 is 1.45. The van der Waals surface area contributed by atoms with E-state index in [-0.39, 0.29) is 11.2 Å². The fourth-order valence-corrected chi connectivity index (χ4v) is 3.31. The van der Waals surface area contributed by atoms with E-state index in [1.807, 2.05) is 30.0 Å². The molecule has 1 atom stereocenters. The fraction of sp³-hybridized carbons (Fsp3) is 0.467. The van der Waals surface area contributed by atoms with E-state index in [1.165, 1.54) is 11.8 Å². The Morgan fingerprint density at radius 3 is 2.95 bits per heavy atom. The molecule has 1 aliphatic heterocycles. The summed E-state index contributed by atoms with van der Waals surface area (Å²) in [6, 6.07) is 5.68. The molecule has 0 aliphatic carbocycles. The highest BCUT2D eigenvalue weighted by Crippen LogP contribution is 2.26. The van der Waals surface area contributed by atoms with Gasteiger partial charge >= 0.3 is 0 Å². The van der Waals surface area contributed by atoms with E-state index in [2.05, 4.69) is 9.97 Å². The van der Waals surface area contributed by atoms with Crippen LogP contribution in [0.4, 0.5) is 0 Å². The lowest BCUT2D eigenvalue weighted by molar-refractivity contribution is -0.134. The Balaban J connectivity index is 1.70. The molecule has 22 heavy (non-hydrogen) atoms. The second-order valence-electron chi connectivity index (χ2n) is 5.12. The number of nitrogens with one attached hydrogen (secondary N) is 1. The first-order valence-corrected chi connectivity index (χ1v) is 8.12. The molecule has 2 aromatic rings. The van der Waals surface area contributed by atoms with Gasteiger partial charge in [-0.05, 0) is 19.1 Å². The van der Waals surface area contributed by atoms with Crippen LogP contribution >= 0.6 is 11.8 Å². The number of hydrogen-bond acceptors (Lipinski definition) is 5. The summed E-state index contributed by atoms with van der Waals surface area (Å²) < 4.78 is 10.5. The van der Waals surface area contributed by atoms with Gasteiger partial charge in [0.15, 0.2) is 5.16 Å². The van der Waals surface area contributed by atoms with Crippen molar-refractivity contribution in [1.82, 2.24) is 14.9 Å². The molecule has 0 radical (unpaired) electrons. The van der Waals surface area contributed by atoms with E-state index in [1.54, 1.807) is 7.11 Å². The van der Waals surface area contributed by atoms with Gasteiger partial charge in [0.25, 0.3) is 0 Å². The molecule has 6 nitrogen and oxygen atoms in total. The molecule has 118 valence electrons. The predicted octanol–water partition coefficient (Wildman–Crippen LogP) is 1.91. The molecule has 1 N–H and O–H groups in total. The number of carbonyl (C=O) groups is 1. The number of benzene rings is 1. The van der Waals surface area contributed by atoms with Gasteiger partial charge in [-0.3, -0.25) is 4.79 Å². The zero-order valence-electron chi connectivity index (χ0n) is 12.7. The molecule has 1 aromatic carbocycles. The van der Waals surface area contributed by atoms with Crippen LogP contribution in [0.5, 0.6) is 5.75 Å². The molecule has 2 heterocycles. The third-order valence-electron chi connectivity index (χ3n) is 3.63. The van der Waals surface area contributed by atoms with Crippen LogP contribution in [0.1, 0.15) is 6.92 Å². The number of aromatic nitrogens is 2. The summed E-state index contributed by atoms with van der Waals surface area (Å²) in [5, 5.41) is 0.568. The van der Waals surface area contributed by atoms with Crippen LogP contribution in [0, 0.1) is 0 Å². The van der Waals surface area contributed by atoms with E-state index < -0.39 is 0 Å². The highest BCUT2D eigenvalue weighted by Gasteiger charge is 2.24. The van der Waals surface area contributed by atoms with Gasteiger partial charge in [0.1, 0.15) is 5.75 Å². The topological polar surface area (TPSA) is 67.4 Å². The van der Waals surface area contributed by atoms with Crippen LogP contribution in [-0.4, -0.2) is 59.4 Å². The lowest BCUT2D eigenvalue weighted by Crippen LogP contribution is -2.44. The smallest absolute Gasteiger partial charge is 0.236 e. The molecule has 0 bridgehead atoms. The lowest BCUT2D eigenvalue weighted by Gasteiger charge is -2.28. The number of thioether (sulfide) groups is 1. The van der Waals surface area contributed by atoms with Gasteiger partial charge < -0.3 is 19.4 Å². The minimum Gasteiger partial charge on any atom is -0.497 e. The fourth-order valence-electron chi connectivity index (χ4n) is 2.41. The van der Waals surface area contributed by atoms with Crippen molar-refractivity contribution in [1.29, 1.82) is 0 Å². The highest BCUT2D eigenvalue weighted by atomic mass is 32.2. The van der Waals surface area contributed by atoms with E-state index in [0.29, 0.717) is 26.3 Å². The summed E-state index contributed by atoms with van der Waals surface area (Å²) in [7, 11) is 1.64. The number of ether oxygens (including phenoxy) is 2. The second kappa shape index (κ2) is 6.58. The van der Waals surface area contributed by atoms with Crippen LogP contribution in [0.3, 0.4) is 0 Å². The predicted molar refractivity (Wildman–Crippen MR) is 85.4 cm³/mol. The average molecular weight is 321 g/mol. The maximum atomic E-state index is 12.4. The number of hydrogen-bond donors (Lipinski definition) is 1. The Labute approximate surface area is 133 Å². The number of fused-ring (bicyclic) bond motifs is 1. The molecule has 3 rings (SSSR count). The first-order chi connectivity index (χ1) is 10.7. The molecule has 1 saturated heterocycles. The van der Waals surface area contributed by atoms with Gasteiger partial charge in [-0.25, -0.2) is 4.98 Å². The van der Waals surface area contributed by atoms with E-state index in [4.69, 9.17) is 9.47 Å². The average Bonchev–Trinajstić information content (AvgIpc) is 2.95. The summed E-state index contributed by atoms with van der Waals surface area (Å²) in [5.41, 5.74) is 1.78. The number of nitrogens with zero attached hydrogens (tertiary/aromatic N) is 2. The number of amides is 1. The van der Waals surface area contributed by atoms with Crippen molar-refractivity contribution in [2.45, 2.75) is 17.3 Å². The highest BCUT2D eigenvalue weighted by molar-refractivity contribution is 8.00. The number of imidazole rings is 1. The molecule has 1 unspecified atom stereocenters. The number of H-pyrrole nitrogens is 1. The molecule has 1 amide bonds. The Morgan fingerprint density at radius 1 is 1.45 bits per heavy atom. The standard InChI is InChI=1S/C15H19N3O3S/c1-10(14(19)18-5-7-21-8-6-18)22-15-16-12-4-3-11(20-2)9-13(12)17-15/h3-4,9-10H,5-8H2,1-2H3,(H,16,17). The van der Waals surface area contributed by atoms with E-state index in [0.717, 1.165) is 21.9 Å². The van der Waals surface area contributed by atoms with Gasteiger partial charge in [-0.1, -0.05) is 11.8 Å². The number of methoxy groups -OCH3 is 1. The number of aromatic amines is 1. The Kier molecular flexibility index (Phi) is 4.54. The summed E-state index contributed by atoms with van der Waals surface area (Å²) in [4.78, 5) is 22.0. The van der Waals surface area contributed by atoms with Crippen molar-refractivity contribution in [3.05, 3.63) is 18.2 Å². The number of morpholine rings is 1. The molecule has 1 aromatic heterocycles. The van der Waals surface area contributed by atoms with Crippen molar-refractivity contribution < 1.29 is 14.3 Å². The van der Waals surface area contributed by atoms with Gasteiger partial charge in [-0.15, -0.1) is 0 Å². The molecule has 0 spiro atoms. The maximum absolute atomic E-state index is 12.4. The van der Waals surface area contributed by atoms with Crippen molar-refractivity contribution in [2.75, 3.05) is 33.4 Å². The molecule has 0 saturated carbocycles. The van der Waals surface area contributed by atoms with Crippen LogP contribution in [-0.2, 0) is 9.53 Å². The lowest BCUT2D eigenvalue weighted by atomic mass is 10.3. The monoisotopic (exact) mass is 321 g/mol. The third kappa shape index (κ3) is 3.20. The Morgan fingerprint density at radius 2 is 2.23 bits per heavy atom. The van der Waals surface area contributed by atoms with Crippen molar-refractivity contribution in [2.24, 2.45) is 0 Å². The van der Waals surface area contributed by atoms with E-state index in [9.17, 15) is 4.79 Å². The van der Waals surface area contributed by atoms with Crippen molar-refractivity contribution in [3.8, 4) is 5.75 Å². The summed E-state index contributed by atoms with van der Waals surface area (Å²) in [5.74, 6) is 0.913. The van der Waals surface area contributed by atoms with Gasteiger partial charge in [0, 0.05) is 19.2 Å². The first-order valence-electron chi connectivity index (χ1n) is 7.24. The number of carbonyl (C=O) groups excluding carboxylic acids is 1. The van der Waals surface area contributed by atoms with Crippen LogP contribution in [0.2, 0.25) is 0 Å². The Bertz CT molecular complexity index is 667. The number of rotatable bonds is 4. The van der Waals surface area contributed by atoms with Crippen molar-refractivity contribution >= 4 is 28.7 Å². The quantitative estimate of drug-likeness (QED) is 0.871. The van der Waals surface area contributed by atoms with Gasteiger partial charge in [-0.2, -0.15) is 0 Å². The zero-order valence-corrected chi connectivity index (χ0v) is 13.5. The summed E-state index contributed by atoms with van der Waals surface area (Å²) in [6.07, 6.45) is 0. The maximum Gasteiger partial charge on any atom is 0.236 e. The molecule has 1 aliphatic rings. The third-order valence-corrected chi connectivity index (χ3v) is 4.60. The summed E-state index contributed by atoms with van der Waals surface area (Å²) in [6.45, 7) is 4.49. The minimum absolute atomic E-state index is 0.131. The van der Waals surface area contributed by atoms with Gasteiger partial charge in [0.05, 0.1) is 36.6 Å². The van der Waals surface area contributed by atoms with Crippen LogP contribution in [0.25, 0.3) is 11.0 Å². The normalized spacial score (nSPS) is 16.7. The largest absolute Gasteiger partial charge is 0.497 e. The molecule has 1 fully saturated rings. The second-order valence-corrected chi connectivity index (χ2v) is 6.45. The minimum atomic E-state index is -0.180. The van der Waals surface area contributed by atoms with Crippen molar-refractivity contribution in [3.63, 3.8) is 0 Å². The molecular formula is C15H19N3O3S. The first kappa shape index (κ1) is 15.2. The SMILES string of the molecule is COc1ccc2nc(SC(C)C(=O)N3CCOCC3)[nH]c2c1. The molecule has 7 heteroatoms. The molecular weight excluding hydrogens is 302 g/mol. The van der Waals surface area contributed by atoms with E-state index >= 15 is 0 Å². The van der Waals surface area contributed by atoms with Gasteiger partial charge in [0.2, 0.25) is 5.91 Å².